The molecule has 0 radical (unpaired) electrons. The van der Waals surface area contributed by atoms with Crippen molar-refractivity contribution in [2.24, 2.45) is 0 Å². The Morgan fingerprint density at radius 2 is 1.16 bits per heavy atom. The second-order valence-corrected chi connectivity index (χ2v) is 19.3. The van der Waals surface area contributed by atoms with Gasteiger partial charge < -0.3 is 0 Å². The van der Waals surface area contributed by atoms with Crippen LogP contribution in [0.4, 0.5) is 0 Å². The van der Waals surface area contributed by atoms with Crippen molar-refractivity contribution in [2.45, 2.75) is 24.9 Å². The molecule has 4 aromatic carbocycles. The third-order valence-electron chi connectivity index (χ3n) is 7.30. The van der Waals surface area contributed by atoms with Crippen LogP contribution >= 0.6 is 44.0 Å². The molecule has 0 atom stereocenters. The Labute approximate surface area is 235 Å². The molecule has 5 aromatic rings. The van der Waals surface area contributed by atoms with Gasteiger partial charge in [0.2, 0.25) is 0 Å². The Kier molecular flexibility index (Phi) is 6.53. The summed E-state index contributed by atoms with van der Waals surface area (Å²) in [6.07, 6.45) is 2.87. The van der Waals surface area contributed by atoms with Crippen LogP contribution in [-0.4, -0.2) is 5.16 Å². The minimum atomic E-state index is -3.28. The standard InChI is InChI=1S/C31H25BrCl2NOP/c32-37(23-11-4-1-5-12-23,24-13-6-2-7-14-24,25-15-8-3-9-16-25)21-26-30(35-36-31(26)22-19-20-22)29-27(33)17-10-18-28(29)34/h1-18,22H,19-21H2. The van der Waals surface area contributed by atoms with E-state index in [4.69, 9.17) is 27.7 Å². The Bertz CT molecular complexity index is 1430. The van der Waals surface area contributed by atoms with E-state index in [-0.39, 0.29) is 0 Å². The summed E-state index contributed by atoms with van der Waals surface area (Å²) in [4.78, 5) is 0. The minimum absolute atomic E-state index is 0.362. The van der Waals surface area contributed by atoms with Crippen molar-refractivity contribution in [1.29, 1.82) is 0 Å². The van der Waals surface area contributed by atoms with Gasteiger partial charge in [-0.05, 0) is 0 Å². The number of halogens is 3. The molecule has 0 spiro atoms. The topological polar surface area (TPSA) is 26.0 Å². The normalized spacial score (nSPS) is 14.7. The van der Waals surface area contributed by atoms with Crippen molar-refractivity contribution in [1.82, 2.24) is 5.16 Å². The number of benzene rings is 4. The second kappa shape index (κ2) is 9.71. The Hall–Kier alpha value is -2.42. The van der Waals surface area contributed by atoms with Crippen molar-refractivity contribution < 1.29 is 4.52 Å². The zero-order valence-electron chi connectivity index (χ0n) is 20.0. The Balaban J connectivity index is 1.70. The third-order valence-corrected chi connectivity index (χ3v) is 17.4. The zero-order valence-corrected chi connectivity index (χ0v) is 24.0. The molecular formula is C31H25BrCl2NOP. The second-order valence-electron chi connectivity index (χ2n) is 9.59. The maximum atomic E-state index is 6.73. The number of rotatable bonds is 7. The van der Waals surface area contributed by atoms with E-state index in [0.29, 0.717) is 22.1 Å². The molecule has 6 heteroatoms. The number of hydrogen-bond acceptors (Lipinski definition) is 2. The van der Waals surface area contributed by atoms with E-state index in [0.717, 1.165) is 35.4 Å². The summed E-state index contributed by atoms with van der Waals surface area (Å²) in [6, 6.07) is 37.9. The summed E-state index contributed by atoms with van der Waals surface area (Å²) in [6.45, 7) is 0. The summed E-state index contributed by atoms with van der Waals surface area (Å²) in [5.74, 6) is 1.31. The number of hydrogen-bond donors (Lipinski definition) is 0. The molecule has 0 N–H and O–H groups in total. The van der Waals surface area contributed by atoms with Gasteiger partial charge in [0.1, 0.15) is 0 Å². The first-order valence-electron chi connectivity index (χ1n) is 12.3. The van der Waals surface area contributed by atoms with Crippen molar-refractivity contribution in [3.8, 4) is 11.3 Å². The predicted octanol–water partition coefficient (Wildman–Crippen LogP) is 8.87. The first-order valence-corrected chi connectivity index (χ1v) is 17.5. The fraction of sp³-hybridized carbons (Fsp3) is 0.129. The van der Waals surface area contributed by atoms with Crippen LogP contribution in [0.25, 0.3) is 11.3 Å². The molecule has 0 saturated heterocycles. The summed E-state index contributed by atoms with van der Waals surface area (Å²) < 4.78 is 6.12. The van der Waals surface area contributed by atoms with Crippen LogP contribution in [0, 0.1) is 0 Å². The van der Waals surface area contributed by atoms with E-state index in [1.807, 2.05) is 18.2 Å². The van der Waals surface area contributed by atoms with Crippen LogP contribution in [0.1, 0.15) is 30.1 Å². The predicted molar refractivity (Wildman–Crippen MR) is 162 cm³/mol. The van der Waals surface area contributed by atoms with Crippen molar-refractivity contribution in [3.05, 3.63) is 131 Å². The molecule has 6 rings (SSSR count). The summed E-state index contributed by atoms with van der Waals surface area (Å²) >= 11 is 18.0. The maximum absolute atomic E-state index is 6.73. The first kappa shape index (κ1) is 24.9. The number of nitrogens with zero attached hydrogens (tertiary/aromatic N) is 1. The Morgan fingerprint density at radius 1 is 0.703 bits per heavy atom. The van der Waals surface area contributed by atoms with E-state index < -0.39 is 5.31 Å². The van der Waals surface area contributed by atoms with Gasteiger partial charge in [-0.15, -0.1) is 0 Å². The molecule has 0 bridgehead atoms. The van der Waals surface area contributed by atoms with Gasteiger partial charge in [-0.2, -0.15) is 0 Å². The van der Waals surface area contributed by atoms with Crippen molar-refractivity contribution >= 4 is 59.9 Å². The van der Waals surface area contributed by atoms with E-state index in [1.165, 1.54) is 15.9 Å². The molecule has 0 aliphatic heterocycles. The van der Waals surface area contributed by atoms with Gasteiger partial charge in [-0.3, -0.25) is 0 Å². The number of aromatic nitrogens is 1. The van der Waals surface area contributed by atoms with E-state index >= 15 is 0 Å². The SMILES string of the molecule is Clc1cccc(Cl)c1-c1noc(C2CC2)c1CP(Br)(c1ccccc1)(c1ccccc1)c1ccccc1. The van der Waals surface area contributed by atoms with Gasteiger partial charge in [0.25, 0.3) is 0 Å². The monoisotopic (exact) mass is 607 g/mol. The summed E-state index contributed by atoms with van der Waals surface area (Å²) in [5, 5.41) is 6.20. The average Bonchev–Trinajstić information content (AvgIpc) is 3.71. The molecule has 0 amide bonds. The fourth-order valence-electron chi connectivity index (χ4n) is 5.30. The van der Waals surface area contributed by atoms with Crippen molar-refractivity contribution in [2.75, 3.05) is 0 Å². The molecule has 186 valence electrons. The van der Waals surface area contributed by atoms with Gasteiger partial charge >= 0.3 is 236 Å². The summed E-state index contributed by atoms with van der Waals surface area (Å²) in [5.41, 5.74) is 2.53. The van der Waals surface area contributed by atoms with Crippen LogP contribution in [0.15, 0.2) is 114 Å². The van der Waals surface area contributed by atoms with Gasteiger partial charge in [0.05, 0.1) is 0 Å². The molecule has 1 fully saturated rings. The zero-order chi connectivity index (χ0) is 25.5. The van der Waals surface area contributed by atoms with Crippen LogP contribution in [0.2, 0.25) is 10.0 Å². The molecule has 1 aliphatic rings. The van der Waals surface area contributed by atoms with E-state index in [2.05, 4.69) is 112 Å². The van der Waals surface area contributed by atoms with Gasteiger partial charge in [0.15, 0.2) is 0 Å². The molecular weight excluding hydrogens is 584 g/mol. The molecule has 37 heavy (non-hydrogen) atoms. The Morgan fingerprint density at radius 3 is 1.59 bits per heavy atom. The first-order chi connectivity index (χ1) is 18.0. The van der Waals surface area contributed by atoms with E-state index in [1.54, 1.807) is 0 Å². The molecule has 1 aliphatic carbocycles. The fourth-order valence-corrected chi connectivity index (χ4v) is 13.5. The van der Waals surface area contributed by atoms with Crippen LogP contribution in [-0.2, 0) is 6.16 Å². The molecule has 1 aromatic heterocycles. The average molecular weight is 609 g/mol. The quantitative estimate of drug-likeness (QED) is 0.172. The van der Waals surface area contributed by atoms with Gasteiger partial charge in [0, 0.05) is 0 Å². The van der Waals surface area contributed by atoms with Gasteiger partial charge in [-0.1, -0.05) is 0 Å². The van der Waals surface area contributed by atoms with Crippen molar-refractivity contribution in [3.63, 3.8) is 0 Å². The molecule has 0 unspecified atom stereocenters. The van der Waals surface area contributed by atoms with E-state index in [9.17, 15) is 0 Å². The van der Waals surface area contributed by atoms with Crippen LogP contribution < -0.4 is 15.9 Å². The molecule has 2 nitrogen and oxygen atoms in total. The van der Waals surface area contributed by atoms with Gasteiger partial charge in [-0.25, -0.2) is 0 Å². The van der Waals surface area contributed by atoms with Crippen LogP contribution in [0.3, 0.4) is 0 Å². The third kappa shape index (κ3) is 4.17. The molecule has 1 saturated carbocycles. The molecule has 1 heterocycles. The summed E-state index contributed by atoms with van der Waals surface area (Å²) in [7, 11) is 0. The van der Waals surface area contributed by atoms with Crippen LogP contribution in [0.5, 0.6) is 0 Å².